The number of sulfone groups is 2. The molecular formula is C84H172F3NO14S3. The molecule has 15 nitrogen and oxygen atoms in total. The molecule has 0 radical (unpaired) electrons. The van der Waals surface area contributed by atoms with Crippen LogP contribution in [0.25, 0.3) is 0 Å². The van der Waals surface area contributed by atoms with Crippen molar-refractivity contribution < 1.29 is 78.2 Å². The molecule has 21 heteroatoms. The van der Waals surface area contributed by atoms with E-state index in [-0.39, 0.29) is 28.4 Å². The summed E-state index contributed by atoms with van der Waals surface area (Å²) in [6.45, 7) is 58.8. The maximum atomic E-state index is 12.9. The molecule has 1 aromatic rings. The highest BCUT2D eigenvalue weighted by molar-refractivity contribution is 7.91. The summed E-state index contributed by atoms with van der Waals surface area (Å²) in [5.41, 5.74) is -2.99. The van der Waals surface area contributed by atoms with Crippen molar-refractivity contribution in [2.75, 3.05) is 57.6 Å². The molecule has 0 aromatic heterocycles. The van der Waals surface area contributed by atoms with Gasteiger partial charge in [-0.2, -0.15) is 0 Å². The van der Waals surface area contributed by atoms with Gasteiger partial charge in [-0.3, -0.25) is 0 Å². The molecule has 2 saturated heterocycles. The van der Waals surface area contributed by atoms with Crippen LogP contribution in [-0.4, -0.2) is 154 Å². The summed E-state index contributed by atoms with van der Waals surface area (Å²) in [4.78, 5) is 0.177. The quantitative estimate of drug-likeness (QED) is 0.0383. The Kier molecular flexibility index (Phi) is 62.7. The van der Waals surface area contributed by atoms with Crippen molar-refractivity contribution in [3.8, 4) is 0 Å². The Morgan fingerprint density at radius 2 is 0.914 bits per heavy atom. The van der Waals surface area contributed by atoms with Gasteiger partial charge in [-0.15, -0.1) is 0 Å². The predicted octanol–water partition coefficient (Wildman–Crippen LogP) is 20.5. The third-order valence-electron chi connectivity index (χ3n) is 17.8. The Morgan fingerprint density at radius 1 is 0.524 bits per heavy atom. The number of methoxy groups -OCH3 is 1. The number of hydrogen-bond acceptors (Lipinski definition) is 14. The highest BCUT2D eigenvalue weighted by Gasteiger charge is 2.45. The Balaban J connectivity index is -0.000000260. The van der Waals surface area contributed by atoms with Crippen molar-refractivity contribution in [1.82, 2.24) is 0 Å². The molecule has 7 N–H and O–H groups in total. The van der Waals surface area contributed by atoms with Crippen molar-refractivity contribution >= 4 is 29.7 Å². The molecule has 2 aliphatic heterocycles. The molecule has 0 unspecified atom stereocenters. The molecule has 105 heavy (non-hydrogen) atoms. The molecule has 0 bridgehead atoms. The van der Waals surface area contributed by atoms with Gasteiger partial charge in [0, 0.05) is 50.9 Å². The van der Waals surface area contributed by atoms with E-state index in [1.165, 1.54) is 58.5 Å². The number of primary sulfonamides is 1. The first-order chi connectivity index (χ1) is 47.2. The molecule has 2 heterocycles. The highest BCUT2D eigenvalue weighted by Crippen LogP contribution is 2.37. The highest BCUT2D eigenvalue weighted by atomic mass is 32.2. The van der Waals surface area contributed by atoms with E-state index < -0.39 is 64.2 Å². The van der Waals surface area contributed by atoms with Crippen LogP contribution in [0.4, 0.5) is 13.2 Å². The molecule has 3 fully saturated rings. The van der Waals surface area contributed by atoms with Crippen LogP contribution < -0.4 is 5.14 Å². The van der Waals surface area contributed by atoms with Crippen LogP contribution in [0.5, 0.6) is 0 Å². The van der Waals surface area contributed by atoms with Gasteiger partial charge >= 0.3 is 0 Å². The monoisotopic (exact) mass is 1570 g/mol. The maximum absolute atomic E-state index is 12.9. The van der Waals surface area contributed by atoms with Crippen LogP contribution in [-0.2, 0) is 50.3 Å². The van der Waals surface area contributed by atoms with E-state index in [1.54, 1.807) is 33.1 Å². The Morgan fingerprint density at radius 3 is 1.16 bits per heavy atom. The summed E-state index contributed by atoms with van der Waals surface area (Å²) in [5, 5.41) is 52.2. The van der Waals surface area contributed by atoms with Crippen LogP contribution in [0.3, 0.4) is 0 Å². The van der Waals surface area contributed by atoms with Gasteiger partial charge in [0.15, 0.2) is 0 Å². The number of aliphatic hydroxyl groups is 5. The number of ether oxygens (including phenoxy) is 3. The first-order valence-corrected chi connectivity index (χ1v) is 45.6. The maximum Gasteiger partial charge on any atom is 0.275 e. The second-order valence-electron chi connectivity index (χ2n) is 37.0. The number of rotatable bonds is 33. The van der Waals surface area contributed by atoms with E-state index >= 15 is 0 Å². The largest absolute Gasteiger partial charge is 0.390 e. The first kappa shape index (κ1) is 114. The van der Waals surface area contributed by atoms with Crippen molar-refractivity contribution in [2.24, 2.45) is 70.2 Å². The third-order valence-corrected chi connectivity index (χ3v) is 20.7. The minimum atomic E-state index is -3.55. The van der Waals surface area contributed by atoms with Gasteiger partial charge in [0.2, 0.25) is 10.0 Å². The zero-order valence-electron chi connectivity index (χ0n) is 73.4. The molecule has 0 spiro atoms. The number of nitrogens with two attached hydrogens (primary N) is 1. The third kappa shape index (κ3) is 81.8. The number of hydrogen-bond donors (Lipinski definition) is 6. The molecule has 1 aromatic carbocycles. The molecule has 3 aliphatic rings. The fourth-order valence-corrected chi connectivity index (χ4v) is 11.4. The number of aryl methyl sites for hydroxylation is 1. The first-order valence-electron chi connectivity index (χ1n) is 40.0. The average molecular weight is 1570 g/mol. The summed E-state index contributed by atoms with van der Waals surface area (Å²) in [6.07, 6.45) is 22.7. The van der Waals surface area contributed by atoms with E-state index in [9.17, 15) is 53.7 Å². The smallest absolute Gasteiger partial charge is 0.275 e. The summed E-state index contributed by atoms with van der Waals surface area (Å²) in [5.74, 6) is 4.32. The van der Waals surface area contributed by atoms with Gasteiger partial charge in [-0.25, -0.2) is 43.6 Å². The van der Waals surface area contributed by atoms with Crippen LogP contribution in [0.15, 0.2) is 29.2 Å². The van der Waals surface area contributed by atoms with E-state index in [4.69, 9.17) is 29.6 Å². The van der Waals surface area contributed by atoms with E-state index in [2.05, 4.69) is 111 Å². The standard InChI is InChI=1S/C11H17NO2S.C10H20O2.C9H18O.C9H20O.C8H16F2O.C8H17FO.C8H16O.C8H18O.C7H16O2S.C6H14O2S/c1-9(2)3-4-10-5-7-11(8-6-10)15(12,13)14;1-9(2)3-4-10(11)5-7-12-8-6-10;1-8(2)4-7-9(10)5-3-6-9;1-8(2)6-7-9(3,4)10-5;1-6(2)5-8(9,10)7(3,4)11;1-6(2)5-7(9)8(3,4)10;1-7(2)3-4-8-5-9-6-8;1-7(2)5-6-8(3,4)9;1-7(2)5-4-6-10(3,8)9;1-6(2)4-5-9(3,7)8/h5-9H,3-4H2,1-2H3,(H2,12,13,14);9,11H,3-8H2,1-2H3;8,10H,3-7H2,1-2H3;8H,6-7H2,1-5H3;6,11H,5H2,1-4H3;6-7,10H,5H2,1-4H3;7-8H,3-6H2,1-2H3;7,9H,5-6H2,1-4H3;7H,4-6H2,1-3H3;6H,4-5H2,1-3H3/t;;;;;7-;;;;/m.....1..../s1. The van der Waals surface area contributed by atoms with Crippen LogP contribution in [0.1, 0.15) is 334 Å². The number of benzene rings is 1. The van der Waals surface area contributed by atoms with Crippen LogP contribution >= 0.6 is 0 Å². The van der Waals surface area contributed by atoms with Crippen molar-refractivity contribution in [2.45, 2.75) is 386 Å². The van der Waals surface area contributed by atoms with Crippen LogP contribution in [0.2, 0.25) is 0 Å². The Hall–Kier alpha value is -1.50. The fourth-order valence-electron chi connectivity index (χ4n) is 9.32. The molecular weight excluding hydrogens is 1400 g/mol. The number of alkyl halides is 3. The predicted molar refractivity (Wildman–Crippen MR) is 441 cm³/mol. The van der Waals surface area contributed by atoms with E-state index in [0.717, 1.165) is 166 Å². The van der Waals surface area contributed by atoms with Gasteiger partial charge in [0.05, 0.1) is 51.9 Å². The SMILES string of the molecule is CC(C)CC(F)(F)C(C)(C)O.CC(C)CCC(C)(C)O.CC(C)CCC1(O)CCC1.CC(C)CCC1(O)CCOCC1.CC(C)CCC1COC1.CC(C)CCCS(C)(=O)=O.CC(C)CCS(C)(=O)=O.CC(C)CCc1ccc(S(N)(=O)=O)cc1.CC(C)C[C@@H](F)C(C)(C)O.COC(C)(C)CCC(C)C. The molecule has 1 aliphatic carbocycles. The molecule has 4 rings (SSSR count). The topological polar surface area (TPSA) is 257 Å². The molecule has 0 amide bonds. The summed E-state index contributed by atoms with van der Waals surface area (Å²) >= 11 is 0. The van der Waals surface area contributed by atoms with Crippen molar-refractivity contribution in [3.63, 3.8) is 0 Å². The summed E-state index contributed by atoms with van der Waals surface area (Å²) in [6, 6.07) is 6.76. The summed E-state index contributed by atoms with van der Waals surface area (Å²) in [7, 11) is -7.21. The second-order valence-corrected chi connectivity index (χ2v) is 43.1. The lowest BCUT2D eigenvalue weighted by Gasteiger charge is -2.37. The fraction of sp³-hybridized carbons (Fsp3) is 0.929. The second kappa shape index (κ2) is 57.5. The normalized spacial score (nSPS) is 15.8. The lowest BCUT2D eigenvalue weighted by molar-refractivity contribution is -0.170. The van der Waals surface area contributed by atoms with Gasteiger partial charge in [-0.1, -0.05) is 163 Å². The van der Waals surface area contributed by atoms with Gasteiger partial charge < -0.3 is 39.7 Å². The summed E-state index contributed by atoms with van der Waals surface area (Å²) < 4.78 is 119. The lowest BCUT2D eigenvalue weighted by Crippen LogP contribution is -2.43. The molecule has 636 valence electrons. The van der Waals surface area contributed by atoms with E-state index in [0.29, 0.717) is 53.4 Å². The van der Waals surface area contributed by atoms with Gasteiger partial charge in [0.25, 0.3) is 5.92 Å². The Labute approximate surface area is 647 Å². The van der Waals surface area contributed by atoms with Gasteiger partial charge in [-0.05, 0) is 254 Å². The van der Waals surface area contributed by atoms with Gasteiger partial charge in [0.1, 0.15) is 31.4 Å². The number of sulfonamides is 1. The Bertz CT molecular complexity index is 2520. The van der Waals surface area contributed by atoms with E-state index in [1.807, 2.05) is 53.7 Å². The minimum absolute atomic E-state index is 0.0737. The average Bonchev–Trinajstić information content (AvgIpc) is 0.852. The van der Waals surface area contributed by atoms with Crippen molar-refractivity contribution in [1.29, 1.82) is 0 Å². The minimum Gasteiger partial charge on any atom is -0.390 e. The zero-order valence-corrected chi connectivity index (χ0v) is 75.8. The number of halogens is 3. The zero-order chi connectivity index (χ0) is 83.8. The van der Waals surface area contributed by atoms with Crippen LogP contribution in [0, 0.1) is 65.1 Å². The lowest BCUT2D eigenvalue weighted by atomic mass is 9.76. The molecule has 1 atom stereocenters. The molecule has 1 saturated carbocycles. The van der Waals surface area contributed by atoms with Crippen molar-refractivity contribution in [3.05, 3.63) is 29.8 Å².